The molecule has 0 spiro atoms. The van der Waals surface area contributed by atoms with Crippen LogP contribution in [0.25, 0.3) is 0 Å². The largest absolute Gasteiger partial charge is 0.388 e. The van der Waals surface area contributed by atoms with Crippen molar-refractivity contribution in [2.75, 3.05) is 18.4 Å². The molecule has 0 atom stereocenters. The minimum Gasteiger partial charge on any atom is -0.388 e. The highest BCUT2D eigenvalue weighted by Crippen LogP contribution is 2.31. The third-order valence-corrected chi connectivity index (χ3v) is 3.32. The minimum absolute atomic E-state index is 0.170. The van der Waals surface area contributed by atoms with Crippen molar-refractivity contribution >= 4 is 11.7 Å². The van der Waals surface area contributed by atoms with E-state index in [2.05, 4.69) is 22.2 Å². The van der Waals surface area contributed by atoms with Crippen molar-refractivity contribution in [3.63, 3.8) is 0 Å². The summed E-state index contributed by atoms with van der Waals surface area (Å²) < 4.78 is 0. The van der Waals surface area contributed by atoms with Crippen LogP contribution in [0.4, 0.5) is 5.82 Å². The summed E-state index contributed by atoms with van der Waals surface area (Å²) in [6, 6.07) is 3.45. The third-order valence-electron chi connectivity index (χ3n) is 3.32. The van der Waals surface area contributed by atoms with Crippen LogP contribution in [0.1, 0.15) is 29.6 Å². The maximum absolute atomic E-state index is 11.6. The number of carbonyl (C=O) groups is 1. The number of aliphatic hydroxyl groups is 1. The van der Waals surface area contributed by atoms with Crippen LogP contribution >= 0.6 is 0 Å². The number of nitrogens with zero attached hydrogens (tertiary/aromatic N) is 1. The summed E-state index contributed by atoms with van der Waals surface area (Å²) >= 11 is 0. The summed E-state index contributed by atoms with van der Waals surface area (Å²) in [5.41, 5.74) is -0.0726. The summed E-state index contributed by atoms with van der Waals surface area (Å²) in [6.07, 6.45) is 5.89. The first-order chi connectivity index (χ1) is 9.13. The summed E-state index contributed by atoms with van der Waals surface area (Å²) in [5, 5.41) is 15.7. The maximum Gasteiger partial charge on any atom is 0.253 e. The molecule has 1 saturated carbocycles. The van der Waals surface area contributed by atoms with Gasteiger partial charge in [-0.3, -0.25) is 4.79 Å². The molecule has 0 bridgehead atoms. The smallest absolute Gasteiger partial charge is 0.253 e. The number of pyridine rings is 1. The molecule has 1 aliphatic rings. The average molecular weight is 261 g/mol. The first-order valence-electron chi connectivity index (χ1n) is 6.44. The zero-order valence-electron chi connectivity index (χ0n) is 10.9. The number of aromatic nitrogens is 1. The van der Waals surface area contributed by atoms with Gasteiger partial charge in [0.15, 0.2) is 0 Å². The lowest BCUT2D eigenvalue weighted by atomic mass is 9.80. The molecule has 1 aromatic heterocycles. The number of anilines is 1. The van der Waals surface area contributed by atoms with Gasteiger partial charge in [0.2, 0.25) is 0 Å². The summed E-state index contributed by atoms with van der Waals surface area (Å²) in [4.78, 5) is 15.8. The van der Waals surface area contributed by atoms with Gasteiger partial charge in [0, 0.05) is 19.3 Å². The van der Waals surface area contributed by atoms with E-state index in [9.17, 15) is 9.90 Å². The van der Waals surface area contributed by atoms with Crippen LogP contribution in [-0.2, 0) is 0 Å². The molecule has 0 aliphatic heterocycles. The van der Waals surface area contributed by atoms with Crippen LogP contribution in [0.15, 0.2) is 31.0 Å². The van der Waals surface area contributed by atoms with Crippen LogP contribution < -0.4 is 10.6 Å². The van der Waals surface area contributed by atoms with E-state index >= 15 is 0 Å². The van der Waals surface area contributed by atoms with Crippen molar-refractivity contribution in [3.8, 4) is 0 Å². The van der Waals surface area contributed by atoms with Crippen molar-refractivity contribution in [2.24, 2.45) is 0 Å². The maximum atomic E-state index is 11.6. The third kappa shape index (κ3) is 3.54. The molecule has 19 heavy (non-hydrogen) atoms. The normalized spacial score (nSPS) is 16.3. The Kier molecular flexibility index (Phi) is 4.16. The van der Waals surface area contributed by atoms with Crippen LogP contribution in [0.5, 0.6) is 0 Å². The van der Waals surface area contributed by atoms with E-state index in [0.29, 0.717) is 24.5 Å². The molecule has 5 nitrogen and oxygen atoms in total. The lowest BCUT2D eigenvalue weighted by Crippen LogP contribution is -2.43. The predicted octanol–water partition coefficient (Wildman–Crippen LogP) is 1.32. The van der Waals surface area contributed by atoms with Crippen molar-refractivity contribution in [1.29, 1.82) is 0 Å². The predicted molar refractivity (Wildman–Crippen MR) is 74.1 cm³/mol. The van der Waals surface area contributed by atoms with Crippen LogP contribution in [-0.4, -0.2) is 34.7 Å². The van der Waals surface area contributed by atoms with Crippen molar-refractivity contribution < 1.29 is 9.90 Å². The fourth-order valence-electron chi connectivity index (χ4n) is 1.92. The molecule has 5 heteroatoms. The number of carbonyl (C=O) groups excluding carboxylic acids is 1. The zero-order valence-corrected chi connectivity index (χ0v) is 10.9. The quantitative estimate of drug-likeness (QED) is 0.675. The zero-order chi connectivity index (χ0) is 13.7. The van der Waals surface area contributed by atoms with Crippen molar-refractivity contribution in [1.82, 2.24) is 10.3 Å². The molecule has 1 aliphatic carbocycles. The van der Waals surface area contributed by atoms with E-state index in [4.69, 9.17) is 0 Å². The molecular formula is C14H19N3O2. The van der Waals surface area contributed by atoms with E-state index in [-0.39, 0.29) is 5.91 Å². The highest BCUT2D eigenvalue weighted by molar-refractivity contribution is 5.94. The van der Waals surface area contributed by atoms with Gasteiger partial charge in [-0.1, -0.05) is 6.08 Å². The van der Waals surface area contributed by atoms with E-state index < -0.39 is 5.60 Å². The Hall–Kier alpha value is -1.88. The van der Waals surface area contributed by atoms with Gasteiger partial charge in [-0.25, -0.2) is 4.98 Å². The van der Waals surface area contributed by atoms with Crippen molar-refractivity contribution in [2.45, 2.75) is 24.9 Å². The van der Waals surface area contributed by atoms with Gasteiger partial charge in [0.25, 0.3) is 5.91 Å². The van der Waals surface area contributed by atoms with E-state index in [1.807, 2.05) is 0 Å². The average Bonchev–Trinajstić information content (AvgIpc) is 2.41. The SMILES string of the molecule is C=CCNC(=O)c1ccc(NCC2(O)CCC2)nc1. The van der Waals surface area contributed by atoms with Crippen molar-refractivity contribution in [3.05, 3.63) is 36.5 Å². The van der Waals surface area contributed by atoms with Gasteiger partial charge in [-0.05, 0) is 31.4 Å². The molecule has 0 saturated heterocycles. The molecule has 1 aromatic rings. The summed E-state index contributed by atoms with van der Waals surface area (Å²) in [7, 11) is 0. The lowest BCUT2D eigenvalue weighted by Gasteiger charge is -2.36. The topological polar surface area (TPSA) is 74.2 Å². The first-order valence-corrected chi connectivity index (χ1v) is 6.44. The van der Waals surface area contributed by atoms with Crippen LogP contribution in [0.3, 0.4) is 0 Å². The molecule has 102 valence electrons. The number of rotatable bonds is 6. The van der Waals surface area contributed by atoms with E-state index in [1.54, 1.807) is 18.2 Å². The Balaban J connectivity index is 1.87. The molecule has 0 unspecified atom stereocenters. The second-order valence-corrected chi connectivity index (χ2v) is 4.86. The molecular weight excluding hydrogens is 242 g/mol. The summed E-state index contributed by atoms with van der Waals surface area (Å²) in [6.45, 7) is 4.48. The van der Waals surface area contributed by atoms with Crippen LogP contribution in [0.2, 0.25) is 0 Å². The Morgan fingerprint density at radius 3 is 2.84 bits per heavy atom. The molecule has 0 aromatic carbocycles. The molecule has 1 amide bonds. The molecule has 1 fully saturated rings. The lowest BCUT2D eigenvalue weighted by molar-refractivity contribution is -0.0202. The molecule has 3 N–H and O–H groups in total. The Labute approximate surface area is 112 Å². The summed E-state index contributed by atoms with van der Waals surface area (Å²) in [5.74, 6) is 0.497. The molecule has 1 heterocycles. The molecule has 0 radical (unpaired) electrons. The van der Waals surface area contributed by atoms with Crippen LogP contribution in [0, 0.1) is 0 Å². The second-order valence-electron chi connectivity index (χ2n) is 4.86. The second kappa shape index (κ2) is 5.84. The standard InChI is InChI=1S/C14H19N3O2/c1-2-8-15-13(18)11-4-5-12(16-9-11)17-10-14(19)6-3-7-14/h2,4-5,9,19H,1,3,6-8,10H2,(H,15,18)(H,16,17). The highest BCUT2D eigenvalue weighted by atomic mass is 16.3. The Bertz CT molecular complexity index is 452. The van der Waals surface area contributed by atoms with E-state index in [1.165, 1.54) is 6.20 Å². The minimum atomic E-state index is -0.582. The number of hydrogen-bond donors (Lipinski definition) is 3. The monoisotopic (exact) mass is 261 g/mol. The van der Waals surface area contributed by atoms with Gasteiger partial charge in [0.1, 0.15) is 5.82 Å². The Morgan fingerprint density at radius 2 is 2.32 bits per heavy atom. The van der Waals surface area contributed by atoms with Gasteiger partial charge >= 0.3 is 0 Å². The number of nitrogens with one attached hydrogen (secondary N) is 2. The first kappa shape index (κ1) is 13.5. The fraction of sp³-hybridized carbons (Fsp3) is 0.429. The Morgan fingerprint density at radius 1 is 1.53 bits per heavy atom. The van der Waals surface area contributed by atoms with E-state index in [0.717, 1.165) is 19.3 Å². The number of hydrogen-bond acceptors (Lipinski definition) is 4. The van der Waals surface area contributed by atoms with Gasteiger partial charge in [0.05, 0.1) is 11.2 Å². The fourth-order valence-corrected chi connectivity index (χ4v) is 1.92. The highest BCUT2D eigenvalue weighted by Gasteiger charge is 2.33. The number of amides is 1. The van der Waals surface area contributed by atoms with Gasteiger partial charge < -0.3 is 15.7 Å². The molecule has 2 rings (SSSR count). The van der Waals surface area contributed by atoms with Gasteiger partial charge in [-0.2, -0.15) is 0 Å². The van der Waals surface area contributed by atoms with Gasteiger partial charge in [-0.15, -0.1) is 6.58 Å².